The molecule has 0 spiro atoms. The Kier molecular flexibility index (Phi) is 6.42. The van der Waals surface area contributed by atoms with Gasteiger partial charge in [-0.05, 0) is 12.0 Å². The topological polar surface area (TPSA) is 89.9 Å². The van der Waals surface area contributed by atoms with Gasteiger partial charge in [0.2, 0.25) is 0 Å². The zero-order valence-electron chi connectivity index (χ0n) is 11.2. The van der Waals surface area contributed by atoms with Crippen molar-refractivity contribution in [3.63, 3.8) is 0 Å². The number of hydrogen-bond acceptors (Lipinski definition) is 5. The molecule has 0 radical (unpaired) electrons. The smallest absolute Gasteiger partial charge is 0.383 e. The van der Waals surface area contributed by atoms with Crippen LogP contribution < -0.4 is 0 Å². The predicted octanol–water partition coefficient (Wildman–Crippen LogP) is 2.26. The monoisotopic (exact) mass is 300 g/mol. The van der Waals surface area contributed by atoms with Crippen LogP contribution >= 0.6 is 7.60 Å². The summed E-state index contributed by atoms with van der Waals surface area (Å²) in [7, 11) is -2.75. The van der Waals surface area contributed by atoms with E-state index in [2.05, 4.69) is 9.26 Å². The Hall–Kier alpha value is -1.65. The van der Waals surface area contributed by atoms with Crippen molar-refractivity contribution in [1.82, 2.24) is 0 Å². The van der Waals surface area contributed by atoms with Gasteiger partial charge in [-0.25, -0.2) is 4.57 Å². The lowest BCUT2D eigenvalue weighted by Crippen LogP contribution is -2.06. The Morgan fingerprint density at radius 3 is 2.35 bits per heavy atom. The summed E-state index contributed by atoms with van der Waals surface area (Å²) in [6, 6.07) is 8.59. The molecule has 0 aliphatic carbocycles. The average Bonchev–Trinajstić information content (AvgIpc) is 2.38. The lowest BCUT2D eigenvalue weighted by Gasteiger charge is -2.11. The first kappa shape index (κ1) is 16.4. The van der Waals surface area contributed by atoms with Crippen LogP contribution in [0.3, 0.4) is 0 Å². The molecule has 0 heterocycles. The normalized spacial score (nSPS) is 13.3. The first-order valence-electron chi connectivity index (χ1n) is 6.08. The van der Waals surface area contributed by atoms with Gasteiger partial charge in [-0.15, -0.1) is 0 Å². The zero-order valence-corrected chi connectivity index (χ0v) is 12.0. The SMILES string of the molecule is COC(=O)CCCC(=O)OP(=O)(O)Cc1ccccc1. The molecule has 1 rings (SSSR count). The fourth-order valence-corrected chi connectivity index (χ4v) is 2.68. The summed E-state index contributed by atoms with van der Waals surface area (Å²) in [5, 5.41) is 0. The third-order valence-electron chi connectivity index (χ3n) is 2.46. The van der Waals surface area contributed by atoms with Crippen LogP contribution in [0.15, 0.2) is 30.3 Å². The number of carbonyl (C=O) groups is 2. The second kappa shape index (κ2) is 7.82. The molecular weight excluding hydrogens is 283 g/mol. The van der Waals surface area contributed by atoms with E-state index in [-0.39, 0.29) is 25.4 Å². The van der Waals surface area contributed by atoms with Crippen LogP contribution in [0.25, 0.3) is 0 Å². The molecule has 0 fully saturated rings. The Morgan fingerprint density at radius 2 is 1.75 bits per heavy atom. The summed E-state index contributed by atoms with van der Waals surface area (Å²) < 4.78 is 20.8. The number of benzene rings is 1. The van der Waals surface area contributed by atoms with Crippen LogP contribution in [0.2, 0.25) is 0 Å². The van der Waals surface area contributed by atoms with Crippen LogP contribution in [-0.4, -0.2) is 23.9 Å². The molecular formula is C13H17O6P. The predicted molar refractivity (Wildman–Crippen MR) is 71.9 cm³/mol. The second-order valence-corrected chi connectivity index (χ2v) is 5.95. The van der Waals surface area contributed by atoms with E-state index in [1.807, 2.05) is 0 Å². The van der Waals surface area contributed by atoms with Gasteiger partial charge < -0.3 is 14.2 Å². The van der Waals surface area contributed by atoms with Crippen molar-refractivity contribution in [2.75, 3.05) is 7.11 Å². The molecule has 7 heteroatoms. The highest BCUT2D eigenvalue weighted by Crippen LogP contribution is 2.46. The number of esters is 1. The van der Waals surface area contributed by atoms with Crippen molar-refractivity contribution in [3.8, 4) is 0 Å². The van der Waals surface area contributed by atoms with E-state index in [4.69, 9.17) is 0 Å². The quantitative estimate of drug-likeness (QED) is 0.613. The van der Waals surface area contributed by atoms with Gasteiger partial charge in [0, 0.05) is 12.8 Å². The molecule has 1 unspecified atom stereocenters. The molecule has 1 aromatic rings. The molecule has 6 nitrogen and oxygen atoms in total. The first-order chi connectivity index (χ1) is 9.43. The number of ether oxygens (including phenoxy) is 1. The highest BCUT2D eigenvalue weighted by atomic mass is 31.2. The molecule has 110 valence electrons. The van der Waals surface area contributed by atoms with Crippen molar-refractivity contribution in [2.45, 2.75) is 25.4 Å². The van der Waals surface area contributed by atoms with E-state index >= 15 is 0 Å². The molecule has 0 bridgehead atoms. The maximum absolute atomic E-state index is 11.8. The molecule has 0 aromatic heterocycles. The van der Waals surface area contributed by atoms with Gasteiger partial charge in [-0.2, -0.15) is 0 Å². The third kappa shape index (κ3) is 6.50. The lowest BCUT2D eigenvalue weighted by atomic mass is 10.2. The van der Waals surface area contributed by atoms with Crippen LogP contribution in [-0.2, 0) is 29.6 Å². The van der Waals surface area contributed by atoms with Crippen LogP contribution in [0.5, 0.6) is 0 Å². The Balaban J connectivity index is 2.40. The van der Waals surface area contributed by atoms with Crippen molar-refractivity contribution >= 4 is 19.5 Å². The van der Waals surface area contributed by atoms with Crippen LogP contribution in [0.1, 0.15) is 24.8 Å². The summed E-state index contributed by atoms with van der Waals surface area (Å²) in [4.78, 5) is 31.9. The number of methoxy groups -OCH3 is 1. The molecule has 0 saturated carbocycles. The zero-order chi connectivity index (χ0) is 15.0. The van der Waals surface area contributed by atoms with Crippen LogP contribution in [0, 0.1) is 0 Å². The Bertz CT molecular complexity index is 499. The van der Waals surface area contributed by atoms with E-state index in [1.165, 1.54) is 7.11 Å². The summed E-state index contributed by atoms with van der Waals surface area (Å²) in [5.41, 5.74) is 0.612. The van der Waals surface area contributed by atoms with Gasteiger partial charge in [0.15, 0.2) is 0 Å². The number of carbonyl (C=O) groups excluding carboxylic acids is 2. The van der Waals surface area contributed by atoms with E-state index in [0.717, 1.165) is 0 Å². The van der Waals surface area contributed by atoms with Gasteiger partial charge in [-0.3, -0.25) is 9.59 Å². The fourth-order valence-electron chi connectivity index (χ4n) is 1.53. The summed E-state index contributed by atoms with van der Waals surface area (Å²) in [6.45, 7) is 0. The molecule has 1 aromatic carbocycles. The molecule has 20 heavy (non-hydrogen) atoms. The largest absolute Gasteiger partial charge is 0.469 e. The third-order valence-corrected chi connectivity index (χ3v) is 3.71. The minimum atomic E-state index is -4.01. The Morgan fingerprint density at radius 1 is 1.15 bits per heavy atom. The molecule has 0 amide bonds. The van der Waals surface area contributed by atoms with Crippen molar-refractivity contribution in [2.24, 2.45) is 0 Å². The van der Waals surface area contributed by atoms with E-state index < -0.39 is 19.5 Å². The standard InChI is InChI=1S/C13H17O6P/c1-18-12(14)8-5-9-13(15)19-20(16,17)10-11-6-3-2-4-7-11/h2-4,6-7H,5,8-10H2,1H3,(H,16,17). The lowest BCUT2D eigenvalue weighted by molar-refractivity contribution is -0.141. The highest BCUT2D eigenvalue weighted by Gasteiger charge is 2.24. The molecule has 1 atom stereocenters. The molecule has 1 N–H and O–H groups in total. The minimum absolute atomic E-state index is 0.0695. The Labute approximate surface area is 117 Å². The maximum Gasteiger partial charge on any atom is 0.383 e. The molecule has 0 aliphatic rings. The summed E-state index contributed by atoms with van der Waals surface area (Å²) >= 11 is 0. The highest BCUT2D eigenvalue weighted by molar-refractivity contribution is 7.52. The second-order valence-electron chi connectivity index (χ2n) is 4.17. The van der Waals surface area contributed by atoms with Gasteiger partial charge in [0.1, 0.15) is 0 Å². The van der Waals surface area contributed by atoms with Gasteiger partial charge in [0.05, 0.1) is 13.3 Å². The summed E-state index contributed by atoms with van der Waals surface area (Å²) in [5.74, 6) is -1.23. The van der Waals surface area contributed by atoms with Gasteiger partial charge >= 0.3 is 19.5 Å². The first-order valence-corrected chi connectivity index (χ1v) is 7.84. The number of hydrogen-bond donors (Lipinski definition) is 1. The number of rotatable bonds is 7. The van der Waals surface area contributed by atoms with E-state index in [0.29, 0.717) is 5.56 Å². The van der Waals surface area contributed by atoms with Crippen molar-refractivity contribution in [3.05, 3.63) is 35.9 Å². The minimum Gasteiger partial charge on any atom is -0.469 e. The van der Waals surface area contributed by atoms with E-state index in [1.54, 1.807) is 30.3 Å². The van der Waals surface area contributed by atoms with Gasteiger partial charge in [0.25, 0.3) is 0 Å². The average molecular weight is 300 g/mol. The fraction of sp³-hybridized carbons (Fsp3) is 0.385. The van der Waals surface area contributed by atoms with Crippen LogP contribution in [0.4, 0.5) is 0 Å². The van der Waals surface area contributed by atoms with Gasteiger partial charge in [-0.1, -0.05) is 30.3 Å². The summed E-state index contributed by atoms with van der Waals surface area (Å²) in [6.07, 6.45) is -0.0398. The molecule has 0 aliphatic heterocycles. The van der Waals surface area contributed by atoms with E-state index in [9.17, 15) is 19.0 Å². The maximum atomic E-state index is 11.8. The van der Waals surface area contributed by atoms with Crippen molar-refractivity contribution in [1.29, 1.82) is 0 Å². The molecule has 0 saturated heterocycles. The van der Waals surface area contributed by atoms with Crippen molar-refractivity contribution < 1.29 is 28.3 Å².